The summed E-state index contributed by atoms with van der Waals surface area (Å²) >= 11 is 0. The van der Waals surface area contributed by atoms with Crippen LogP contribution in [0.15, 0.2) is 36.4 Å². The topological polar surface area (TPSA) is 60.7 Å². The van der Waals surface area contributed by atoms with Gasteiger partial charge in [0, 0.05) is 23.6 Å². The highest BCUT2D eigenvalue weighted by molar-refractivity contribution is 5.52. The quantitative estimate of drug-likeness (QED) is 0.664. The summed E-state index contributed by atoms with van der Waals surface area (Å²) in [5.74, 6) is -0.133. The van der Waals surface area contributed by atoms with Gasteiger partial charge in [0.05, 0.1) is 0 Å². The predicted molar refractivity (Wildman–Crippen MR) is 77.7 cm³/mol. The van der Waals surface area contributed by atoms with Gasteiger partial charge in [-0.05, 0) is 33.1 Å². The van der Waals surface area contributed by atoms with Gasteiger partial charge in [0.15, 0.2) is 0 Å². The van der Waals surface area contributed by atoms with E-state index in [1.165, 1.54) is 17.7 Å². The van der Waals surface area contributed by atoms with E-state index in [1.807, 2.05) is 6.92 Å². The molecule has 1 aromatic rings. The third-order valence-corrected chi connectivity index (χ3v) is 3.06. The molecule has 1 unspecified atom stereocenters. The van der Waals surface area contributed by atoms with Crippen LogP contribution in [0.25, 0.3) is 0 Å². The summed E-state index contributed by atoms with van der Waals surface area (Å²) in [6.45, 7) is 7.31. The van der Waals surface area contributed by atoms with E-state index < -0.39 is 0 Å². The van der Waals surface area contributed by atoms with E-state index in [4.69, 9.17) is 0 Å². The van der Waals surface area contributed by atoms with Crippen LogP contribution in [-0.4, -0.2) is 15.3 Å². The molecule has 0 radical (unpaired) electrons. The lowest BCUT2D eigenvalue weighted by molar-refractivity contribution is 0.412. The summed E-state index contributed by atoms with van der Waals surface area (Å²) in [7, 11) is 0. The maximum Gasteiger partial charge on any atom is 0.126 e. The van der Waals surface area contributed by atoms with Gasteiger partial charge in [-0.25, -0.2) is 0 Å². The fourth-order valence-electron chi connectivity index (χ4n) is 2.33. The van der Waals surface area contributed by atoms with Gasteiger partial charge in [0.2, 0.25) is 0 Å². The van der Waals surface area contributed by atoms with Crippen LogP contribution in [0.2, 0.25) is 0 Å². The van der Waals surface area contributed by atoms with Crippen LogP contribution in [0, 0.1) is 0 Å². The molecule has 3 nitrogen and oxygen atoms in total. The van der Waals surface area contributed by atoms with Gasteiger partial charge in [-0.15, -0.1) is 6.58 Å². The summed E-state index contributed by atoms with van der Waals surface area (Å²) in [6, 6.07) is 2.54. The summed E-state index contributed by atoms with van der Waals surface area (Å²) in [6.07, 6.45) is 6.89. The molecule has 0 spiro atoms. The third kappa shape index (κ3) is 4.05. The Morgan fingerprint density at radius 1 is 1.21 bits per heavy atom. The zero-order valence-electron chi connectivity index (χ0n) is 11.6. The molecule has 1 aromatic carbocycles. The molecule has 0 fully saturated rings. The van der Waals surface area contributed by atoms with Crippen molar-refractivity contribution in [3.8, 4) is 17.2 Å². The van der Waals surface area contributed by atoms with Crippen LogP contribution in [0.3, 0.4) is 0 Å². The zero-order chi connectivity index (χ0) is 14.4. The second-order valence-electron chi connectivity index (χ2n) is 4.82. The number of hydrogen-bond acceptors (Lipinski definition) is 3. The van der Waals surface area contributed by atoms with Crippen molar-refractivity contribution in [3.05, 3.63) is 42.0 Å². The minimum Gasteiger partial charge on any atom is -0.508 e. The van der Waals surface area contributed by atoms with Crippen LogP contribution < -0.4 is 0 Å². The molecular formula is C16H22O3. The summed E-state index contributed by atoms with van der Waals surface area (Å²) in [5.41, 5.74) is 1.81. The fraction of sp³-hybridized carbons (Fsp3) is 0.375. The largest absolute Gasteiger partial charge is 0.508 e. The first-order valence-corrected chi connectivity index (χ1v) is 6.48. The summed E-state index contributed by atoms with van der Waals surface area (Å²) < 4.78 is 0. The van der Waals surface area contributed by atoms with Crippen molar-refractivity contribution in [1.29, 1.82) is 0 Å². The first-order chi connectivity index (χ1) is 8.99. The SMILES string of the molecule is C=CC.CC1=CC(c2c(O)cc(O)cc2O)CCC1. The van der Waals surface area contributed by atoms with Crippen LogP contribution >= 0.6 is 0 Å². The maximum atomic E-state index is 9.76. The van der Waals surface area contributed by atoms with E-state index in [2.05, 4.69) is 19.6 Å². The van der Waals surface area contributed by atoms with Gasteiger partial charge >= 0.3 is 0 Å². The molecule has 0 amide bonds. The lowest BCUT2D eigenvalue weighted by Crippen LogP contribution is -2.02. The maximum absolute atomic E-state index is 9.76. The van der Waals surface area contributed by atoms with E-state index >= 15 is 0 Å². The van der Waals surface area contributed by atoms with Crippen LogP contribution in [0.1, 0.15) is 44.6 Å². The van der Waals surface area contributed by atoms with E-state index in [1.54, 1.807) is 6.08 Å². The minimum atomic E-state index is -0.115. The first kappa shape index (κ1) is 15.2. The molecule has 0 heterocycles. The minimum absolute atomic E-state index is 0.0338. The molecule has 0 saturated carbocycles. The second kappa shape index (κ2) is 6.88. The highest BCUT2D eigenvalue weighted by atomic mass is 16.3. The molecule has 19 heavy (non-hydrogen) atoms. The molecule has 3 heteroatoms. The molecule has 0 aliphatic heterocycles. The molecule has 1 atom stereocenters. The Labute approximate surface area is 114 Å². The normalized spacial score (nSPS) is 18.0. The number of aromatic hydroxyl groups is 3. The number of hydrogen-bond donors (Lipinski definition) is 3. The second-order valence-corrected chi connectivity index (χ2v) is 4.82. The van der Waals surface area contributed by atoms with E-state index in [9.17, 15) is 15.3 Å². The van der Waals surface area contributed by atoms with Gasteiger partial charge in [-0.2, -0.15) is 0 Å². The van der Waals surface area contributed by atoms with Crippen LogP contribution in [0.5, 0.6) is 17.2 Å². The number of rotatable bonds is 1. The van der Waals surface area contributed by atoms with Crippen molar-refractivity contribution in [2.24, 2.45) is 0 Å². The van der Waals surface area contributed by atoms with Gasteiger partial charge in [0.1, 0.15) is 17.2 Å². The Balaban J connectivity index is 0.000000550. The van der Waals surface area contributed by atoms with E-state index in [0.717, 1.165) is 19.3 Å². The highest BCUT2D eigenvalue weighted by Crippen LogP contribution is 2.42. The molecular weight excluding hydrogens is 240 g/mol. The average Bonchev–Trinajstić information content (AvgIpc) is 2.28. The lowest BCUT2D eigenvalue weighted by Gasteiger charge is -2.21. The lowest BCUT2D eigenvalue weighted by atomic mass is 9.85. The number of allylic oxidation sites excluding steroid dienone is 3. The Hall–Kier alpha value is -1.90. The Bertz CT molecular complexity index is 452. The zero-order valence-corrected chi connectivity index (χ0v) is 11.6. The molecule has 2 rings (SSSR count). The number of phenolic OH excluding ortho intramolecular Hbond substituents is 3. The van der Waals surface area contributed by atoms with Crippen molar-refractivity contribution in [3.63, 3.8) is 0 Å². The summed E-state index contributed by atoms with van der Waals surface area (Å²) in [5, 5.41) is 28.8. The number of phenols is 3. The Kier molecular flexibility index (Phi) is 5.49. The molecule has 0 bridgehead atoms. The molecule has 1 aliphatic carbocycles. The van der Waals surface area contributed by atoms with Crippen molar-refractivity contribution in [2.75, 3.05) is 0 Å². The monoisotopic (exact) mass is 262 g/mol. The standard InChI is InChI=1S/C13H16O3.C3H6/c1-8-3-2-4-9(5-8)13-11(15)6-10(14)7-12(13)16;1-3-2/h5-7,9,14-16H,2-4H2,1H3;3H,1H2,2H3. The van der Waals surface area contributed by atoms with Crippen molar-refractivity contribution < 1.29 is 15.3 Å². The van der Waals surface area contributed by atoms with Crippen LogP contribution in [-0.2, 0) is 0 Å². The Morgan fingerprint density at radius 2 is 1.74 bits per heavy atom. The van der Waals surface area contributed by atoms with Gasteiger partial charge in [0.25, 0.3) is 0 Å². The highest BCUT2D eigenvalue weighted by Gasteiger charge is 2.21. The first-order valence-electron chi connectivity index (χ1n) is 6.48. The molecule has 0 aromatic heterocycles. The van der Waals surface area contributed by atoms with E-state index in [0.29, 0.717) is 5.56 Å². The molecule has 3 N–H and O–H groups in total. The number of benzene rings is 1. The summed E-state index contributed by atoms with van der Waals surface area (Å²) in [4.78, 5) is 0. The van der Waals surface area contributed by atoms with Gasteiger partial charge in [-0.1, -0.05) is 17.7 Å². The molecule has 104 valence electrons. The fourth-order valence-corrected chi connectivity index (χ4v) is 2.33. The van der Waals surface area contributed by atoms with Crippen molar-refractivity contribution in [1.82, 2.24) is 0 Å². The van der Waals surface area contributed by atoms with Crippen LogP contribution in [0.4, 0.5) is 0 Å². The van der Waals surface area contributed by atoms with Crippen molar-refractivity contribution in [2.45, 2.75) is 39.0 Å². The average molecular weight is 262 g/mol. The predicted octanol–water partition coefficient (Wildman–Crippen LogP) is 4.21. The van der Waals surface area contributed by atoms with Crippen molar-refractivity contribution >= 4 is 0 Å². The van der Waals surface area contributed by atoms with Gasteiger partial charge < -0.3 is 15.3 Å². The third-order valence-electron chi connectivity index (χ3n) is 3.06. The molecule has 0 saturated heterocycles. The Morgan fingerprint density at radius 3 is 2.21 bits per heavy atom. The van der Waals surface area contributed by atoms with E-state index in [-0.39, 0.29) is 23.2 Å². The molecule has 1 aliphatic rings. The van der Waals surface area contributed by atoms with Gasteiger partial charge in [-0.3, -0.25) is 0 Å². The smallest absolute Gasteiger partial charge is 0.126 e.